The van der Waals surface area contributed by atoms with Crippen LogP contribution in [0.15, 0.2) is 29.1 Å². The standard InChI is InChI=1S/C14H17N3OS/c18-14-6-4-12(15-16-14)13-5-3-11(19-13)7-10-17-8-1-2-9-17/h3-6H,1-2,7-10H2,(H,16,18). The van der Waals surface area contributed by atoms with Crippen LogP contribution in [0, 0.1) is 0 Å². The highest BCUT2D eigenvalue weighted by molar-refractivity contribution is 7.15. The molecule has 2 aromatic heterocycles. The van der Waals surface area contributed by atoms with Crippen molar-refractivity contribution in [3.63, 3.8) is 0 Å². The molecular formula is C14H17N3OS. The average Bonchev–Trinajstić information content (AvgIpc) is 3.09. The lowest BCUT2D eigenvalue weighted by atomic mass is 10.3. The van der Waals surface area contributed by atoms with Crippen molar-refractivity contribution in [3.05, 3.63) is 39.5 Å². The summed E-state index contributed by atoms with van der Waals surface area (Å²) in [5, 5.41) is 6.54. The lowest BCUT2D eigenvalue weighted by Gasteiger charge is -2.12. The lowest BCUT2D eigenvalue weighted by molar-refractivity contribution is 0.344. The number of nitrogens with zero attached hydrogens (tertiary/aromatic N) is 2. The van der Waals surface area contributed by atoms with E-state index in [9.17, 15) is 4.79 Å². The van der Waals surface area contributed by atoms with E-state index in [1.807, 2.05) is 0 Å². The molecule has 0 unspecified atom stereocenters. The number of rotatable bonds is 4. The number of nitrogens with one attached hydrogen (secondary N) is 1. The molecule has 0 bridgehead atoms. The smallest absolute Gasteiger partial charge is 0.264 e. The molecule has 0 aliphatic carbocycles. The van der Waals surface area contributed by atoms with E-state index in [0.29, 0.717) is 0 Å². The van der Waals surface area contributed by atoms with Gasteiger partial charge in [-0.1, -0.05) is 0 Å². The highest BCUT2D eigenvalue weighted by Gasteiger charge is 2.12. The van der Waals surface area contributed by atoms with E-state index in [2.05, 4.69) is 27.2 Å². The lowest BCUT2D eigenvalue weighted by Crippen LogP contribution is -2.21. The zero-order valence-electron chi connectivity index (χ0n) is 10.8. The minimum absolute atomic E-state index is 0.158. The van der Waals surface area contributed by atoms with Crippen LogP contribution < -0.4 is 5.56 Å². The van der Waals surface area contributed by atoms with Gasteiger partial charge in [-0.3, -0.25) is 4.79 Å². The largest absolute Gasteiger partial charge is 0.303 e. The van der Waals surface area contributed by atoms with Crippen molar-refractivity contribution in [1.29, 1.82) is 0 Å². The van der Waals surface area contributed by atoms with E-state index >= 15 is 0 Å². The Bertz CT molecular complexity index is 578. The molecule has 1 aliphatic rings. The van der Waals surface area contributed by atoms with Crippen molar-refractivity contribution in [2.45, 2.75) is 19.3 Å². The molecule has 4 nitrogen and oxygen atoms in total. The molecule has 1 saturated heterocycles. The quantitative estimate of drug-likeness (QED) is 0.930. The third kappa shape index (κ3) is 3.11. The summed E-state index contributed by atoms with van der Waals surface area (Å²) in [6, 6.07) is 7.55. The minimum Gasteiger partial charge on any atom is -0.303 e. The normalized spacial score (nSPS) is 16.0. The highest BCUT2D eigenvalue weighted by atomic mass is 32.1. The zero-order chi connectivity index (χ0) is 13.1. The first kappa shape index (κ1) is 12.6. The maximum atomic E-state index is 11.0. The van der Waals surface area contributed by atoms with Gasteiger partial charge in [0.15, 0.2) is 0 Å². The molecule has 3 heterocycles. The van der Waals surface area contributed by atoms with E-state index in [1.54, 1.807) is 17.4 Å². The third-order valence-electron chi connectivity index (χ3n) is 3.47. The molecule has 0 amide bonds. The second-order valence-electron chi connectivity index (χ2n) is 4.87. The molecule has 19 heavy (non-hydrogen) atoms. The van der Waals surface area contributed by atoms with Gasteiger partial charge in [0.2, 0.25) is 0 Å². The van der Waals surface area contributed by atoms with Crippen molar-refractivity contribution in [2.24, 2.45) is 0 Å². The Balaban J connectivity index is 1.65. The Morgan fingerprint density at radius 3 is 2.79 bits per heavy atom. The number of aromatic nitrogens is 2. The van der Waals surface area contributed by atoms with E-state index < -0.39 is 0 Å². The van der Waals surface area contributed by atoms with Crippen molar-refractivity contribution in [2.75, 3.05) is 19.6 Å². The number of hydrogen-bond donors (Lipinski definition) is 1. The summed E-state index contributed by atoms with van der Waals surface area (Å²) in [7, 11) is 0. The van der Waals surface area contributed by atoms with Crippen LogP contribution in [0.3, 0.4) is 0 Å². The highest BCUT2D eigenvalue weighted by Crippen LogP contribution is 2.26. The van der Waals surface area contributed by atoms with Crippen molar-refractivity contribution in [3.8, 4) is 10.6 Å². The summed E-state index contributed by atoms with van der Waals surface area (Å²) in [5.74, 6) is 0. The number of H-pyrrole nitrogens is 1. The topological polar surface area (TPSA) is 49.0 Å². The third-order valence-corrected chi connectivity index (χ3v) is 4.63. The van der Waals surface area contributed by atoms with Crippen LogP contribution in [-0.4, -0.2) is 34.7 Å². The first-order valence-corrected chi connectivity index (χ1v) is 7.50. The summed E-state index contributed by atoms with van der Waals surface area (Å²) in [6.07, 6.45) is 3.79. The number of likely N-dealkylation sites (tertiary alicyclic amines) is 1. The van der Waals surface area contributed by atoms with Gasteiger partial charge in [-0.15, -0.1) is 11.3 Å². The average molecular weight is 275 g/mol. The summed E-state index contributed by atoms with van der Waals surface area (Å²) in [6.45, 7) is 3.65. The Morgan fingerprint density at radius 1 is 1.21 bits per heavy atom. The van der Waals surface area contributed by atoms with Crippen molar-refractivity contribution >= 4 is 11.3 Å². The molecule has 0 radical (unpaired) electrons. The summed E-state index contributed by atoms with van der Waals surface area (Å²) >= 11 is 1.76. The van der Waals surface area contributed by atoms with Crippen LogP contribution >= 0.6 is 11.3 Å². The molecule has 0 spiro atoms. The summed E-state index contributed by atoms with van der Waals surface area (Å²) in [4.78, 5) is 16.0. The van der Waals surface area contributed by atoms with Gasteiger partial charge in [0.05, 0.1) is 4.88 Å². The van der Waals surface area contributed by atoms with Crippen LogP contribution in [0.2, 0.25) is 0 Å². The van der Waals surface area contributed by atoms with Crippen LogP contribution in [0.25, 0.3) is 10.6 Å². The summed E-state index contributed by atoms with van der Waals surface area (Å²) in [5.41, 5.74) is 0.687. The van der Waals surface area contributed by atoms with Gasteiger partial charge in [0, 0.05) is 17.5 Å². The van der Waals surface area contributed by atoms with E-state index in [1.165, 1.54) is 36.9 Å². The van der Waals surface area contributed by atoms with Gasteiger partial charge in [0.25, 0.3) is 5.56 Å². The first-order valence-electron chi connectivity index (χ1n) is 6.68. The van der Waals surface area contributed by atoms with Gasteiger partial charge in [0.1, 0.15) is 5.69 Å². The molecule has 5 heteroatoms. The zero-order valence-corrected chi connectivity index (χ0v) is 11.6. The Morgan fingerprint density at radius 2 is 2.05 bits per heavy atom. The predicted molar refractivity (Wildman–Crippen MR) is 77.5 cm³/mol. The van der Waals surface area contributed by atoms with Crippen LogP contribution in [0.4, 0.5) is 0 Å². The van der Waals surface area contributed by atoms with Gasteiger partial charge >= 0.3 is 0 Å². The van der Waals surface area contributed by atoms with E-state index in [-0.39, 0.29) is 5.56 Å². The molecular weight excluding hydrogens is 258 g/mol. The Hall–Kier alpha value is -1.46. The fraction of sp³-hybridized carbons (Fsp3) is 0.429. The first-order chi connectivity index (χ1) is 9.31. The fourth-order valence-corrected chi connectivity index (χ4v) is 3.37. The monoisotopic (exact) mass is 275 g/mol. The SMILES string of the molecule is O=c1ccc(-c2ccc(CCN3CCCC3)s2)n[nH]1. The number of thiophene rings is 1. The molecule has 1 aliphatic heterocycles. The van der Waals surface area contributed by atoms with E-state index in [0.717, 1.165) is 23.5 Å². The van der Waals surface area contributed by atoms with Crippen molar-refractivity contribution < 1.29 is 0 Å². The Labute approximate surface area is 116 Å². The Kier molecular flexibility index (Phi) is 3.75. The van der Waals surface area contributed by atoms with Crippen molar-refractivity contribution in [1.82, 2.24) is 15.1 Å². The number of aromatic amines is 1. The van der Waals surface area contributed by atoms with Gasteiger partial charge in [-0.25, -0.2) is 5.10 Å². The van der Waals surface area contributed by atoms with Crippen LogP contribution in [0.5, 0.6) is 0 Å². The molecule has 1 N–H and O–H groups in total. The van der Waals surface area contributed by atoms with Crippen LogP contribution in [0.1, 0.15) is 17.7 Å². The molecule has 1 fully saturated rings. The maximum absolute atomic E-state index is 11.0. The van der Waals surface area contributed by atoms with Gasteiger partial charge in [-0.05, 0) is 50.6 Å². The molecule has 0 saturated carbocycles. The predicted octanol–water partition coefficient (Wildman–Crippen LogP) is 2.14. The molecule has 2 aromatic rings. The van der Waals surface area contributed by atoms with E-state index in [4.69, 9.17) is 0 Å². The maximum Gasteiger partial charge on any atom is 0.264 e. The summed E-state index contributed by atoms with van der Waals surface area (Å²) < 4.78 is 0. The fourth-order valence-electron chi connectivity index (χ4n) is 2.41. The molecule has 0 atom stereocenters. The van der Waals surface area contributed by atoms with Gasteiger partial charge in [-0.2, -0.15) is 5.10 Å². The molecule has 3 rings (SSSR count). The second-order valence-corrected chi connectivity index (χ2v) is 6.04. The second kappa shape index (κ2) is 5.67. The number of hydrogen-bond acceptors (Lipinski definition) is 4. The molecule has 100 valence electrons. The minimum atomic E-state index is -0.158. The van der Waals surface area contributed by atoms with Crippen LogP contribution in [-0.2, 0) is 6.42 Å². The van der Waals surface area contributed by atoms with Gasteiger partial charge < -0.3 is 4.90 Å². The molecule has 0 aromatic carbocycles.